The molecule has 0 unspecified atom stereocenters. The fraction of sp³-hybridized carbons (Fsp3) is 0.571. The van der Waals surface area contributed by atoms with E-state index in [1.165, 1.54) is 0 Å². The molecular weight excluding hydrogens is 168 g/mol. The van der Waals surface area contributed by atoms with Crippen molar-refractivity contribution in [2.45, 2.75) is 26.3 Å². The first-order chi connectivity index (χ1) is 6.24. The second-order valence-corrected chi connectivity index (χ2v) is 2.05. The number of H-pyrrole nitrogens is 1. The van der Waals surface area contributed by atoms with Gasteiger partial charge in [-0.1, -0.05) is 13.8 Å². The number of nitrogens with zero attached hydrogens (tertiary/aromatic N) is 3. The molecule has 6 heteroatoms. The van der Waals surface area contributed by atoms with Crippen LogP contribution in [-0.4, -0.2) is 15.2 Å². The molecule has 1 rings (SSSR count). The van der Waals surface area contributed by atoms with E-state index in [4.69, 9.17) is 16.7 Å². The van der Waals surface area contributed by atoms with Crippen molar-refractivity contribution >= 4 is 5.95 Å². The summed E-state index contributed by atoms with van der Waals surface area (Å²) in [7, 11) is 0. The Morgan fingerprint density at radius 3 is 2.62 bits per heavy atom. The molecule has 1 atom stereocenters. The minimum absolute atomic E-state index is 0.147. The first kappa shape index (κ1) is 11.4. The molecule has 0 aliphatic heterocycles. The lowest BCUT2D eigenvalue weighted by Gasteiger charge is -1.99. The summed E-state index contributed by atoms with van der Waals surface area (Å²) < 4.78 is 0. The van der Waals surface area contributed by atoms with Crippen LogP contribution in [0.15, 0.2) is 0 Å². The second-order valence-electron chi connectivity index (χ2n) is 2.05. The van der Waals surface area contributed by atoms with Crippen LogP contribution < -0.4 is 11.5 Å². The number of anilines is 1. The minimum atomic E-state index is -0.426. The van der Waals surface area contributed by atoms with Crippen molar-refractivity contribution in [2.24, 2.45) is 5.73 Å². The molecule has 0 amide bonds. The molecule has 0 aliphatic rings. The Labute approximate surface area is 77.0 Å². The highest BCUT2D eigenvalue weighted by Crippen LogP contribution is 2.07. The van der Waals surface area contributed by atoms with Gasteiger partial charge in [0.1, 0.15) is 5.82 Å². The van der Waals surface area contributed by atoms with E-state index in [2.05, 4.69) is 15.2 Å². The Morgan fingerprint density at radius 2 is 2.23 bits per heavy atom. The van der Waals surface area contributed by atoms with Crippen LogP contribution in [0.4, 0.5) is 5.95 Å². The van der Waals surface area contributed by atoms with E-state index >= 15 is 0 Å². The van der Waals surface area contributed by atoms with Gasteiger partial charge < -0.3 is 11.5 Å². The summed E-state index contributed by atoms with van der Waals surface area (Å²) in [6.07, 6.45) is 0.203. The molecule has 0 radical (unpaired) electrons. The van der Waals surface area contributed by atoms with Gasteiger partial charge in [0.15, 0.2) is 0 Å². The number of hydrogen-bond donors (Lipinski definition) is 3. The summed E-state index contributed by atoms with van der Waals surface area (Å²) in [5.41, 5.74) is 10.7. The van der Waals surface area contributed by atoms with Gasteiger partial charge in [-0.3, -0.25) is 5.10 Å². The molecule has 0 aliphatic carbocycles. The summed E-state index contributed by atoms with van der Waals surface area (Å²) in [6, 6.07) is 1.50. The molecule has 1 aromatic rings. The quantitative estimate of drug-likeness (QED) is 0.609. The van der Waals surface area contributed by atoms with E-state index in [1.807, 2.05) is 19.9 Å². The summed E-state index contributed by atoms with van der Waals surface area (Å²) in [6.45, 7) is 4.00. The topological polar surface area (TPSA) is 117 Å². The Balaban J connectivity index is 0.000000671. The molecule has 0 fully saturated rings. The van der Waals surface area contributed by atoms with Gasteiger partial charge >= 0.3 is 0 Å². The number of rotatable bonds is 2. The Hall–Kier alpha value is -1.61. The molecule has 0 spiro atoms. The second kappa shape index (κ2) is 5.97. The van der Waals surface area contributed by atoms with Crippen molar-refractivity contribution in [3.05, 3.63) is 5.82 Å². The van der Waals surface area contributed by atoms with Gasteiger partial charge in [0.05, 0.1) is 18.5 Å². The molecule has 1 aromatic heterocycles. The molecule has 13 heavy (non-hydrogen) atoms. The number of nitriles is 1. The highest BCUT2D eigenvalue weighted by atomic mass is 15.3. The van der Waals surface area contributed by atoms with E-state index in [1.54, 1.807) is 0 Å². The van der Waals surface area contributed by atoms with Crippen LogP contribution in [0, 0.1) is 11.3 Å². The predicted molar refractivity (Wildman–Crippen MR) is 49.3 cm³/mol. The molecule has 6 nitrogen and oxygen atoms in total. The molecule has 72 valence electrons. The lowest BCUT2D eigenvalue weighted by molar-refractivity contribution is 0.692. The van der Waals surface area contributed by atoms with Crippen LogP contribution in [0.3, 0.4) is 0 Å². The van der Waals surface area contributed by atoms with Crippen LogP contribution >= 0.6 is 0 Å². The average Bonchev–Trinajstić information content (AvgIpc) is 2.56. The highest BCUT2D eigenvalue weighted by molar-refractivity contribution is 5.14. The average molecular weight is 182 g/mol. The van der Waals surface area contributed by atoms with Crippen molar-refractivity contribution in [3.8, 4) is 6.07 Å². The summed E-state index contributed by atoms with van der Waals surface area (Å²) in [5, 5.41) is 14.4. The summed E-state index contributed by atoms with van der Waals surface area (Å²) >= 11 is 0. The van der Waals surface area contributed by atoms with Crippen molar-refractivity contribution in [3.63, 3.8) is 0 Å². The third kappa shape index (κ3) is 3.53. The van der Waals surface area contributed by atoms with Gasteiger partial charge in [-0.15, -0.1) is 5.10 Å². The molecule has 5 N–H and O–H groups in total. The van der Waals surface area contributed by atoms with Crippen LogP contribution in [0.1, 0.15) is 32.1 Å². The monoisotopic (exact) mass is 182 g/mol. The van der Waals surface area contributed by atoms with Crippen molar-refractivity contribution in [2.75, 3.05) is 5.73 Å². The predicted octanol–water partition coefficient (Wildman–Crippen LogP) is 0.327. The number of aromatic nitrogens is 3. The van der Waals surface area contributed by atoms with Gasteiger partial charge in [-0.05, 0) is 0 Å². The minimum Gasteiger partial charge on any atom is -0.367 e. The lowest BCUT2D eigenvalue weighted by atomic mass is 10.2. The molecule has 0 aromatic carbocycles. The summed E-state index contributed by atoms with van der Waals surface area (Å²) in [5.74, 6) is 0.595. The van der Waals surface area contributed by atoms with Gasteiger partial charge in [0.2, 0.25) is 5.95 Å². The largest absolute Gasteiger partial charge is 0.367 e. The standard InChI is InChI=1S/C5H8N6.C2H6/c6-2-1-3(7)4-9-5(8)11-10-4;1-2/h3H,1,7H2,(H3,8,9,10,11);1-2H3/t3-;/m0./s1. The third-order valence-corrected chi connectivity index (χ3v) is 1.18. The number of nitrogens with one attached hydrogen (secondary N) is 1. The van der Waals surface area contributed by atoms with Crippen LogP contribution in [0.2, 0.25) is 0 Å². The van der Waals surface area contributed by atoms with E-state index in [-0.39, 0.29) is 12.4 Å². The Bertz CT molecular complexity index is 273. The van der Waals surface area contributed by atoms with Crippen molar-refractivity contribution < 1.29 is 0 Å². The first-order valence-corrected chi connectivity index (χ1v) is 4.04. The van der Waals surface area contributed by atoms with Crippen LogP contribution in [0.5, 0.6) is 0 Å². The first-order valence-electron chi connectivity index (χ1n) is 4.04. The zero-order valence-corrected chi connectivity index (χ0v) is 7.78. The summed E-state index contributed by atoms with van der Waals surface area (Å²) in [4.78, 5) is 3.76. The molecule has 0 saturated carbocycles. The maximum Gasteiger partial charge on any atom is 0.239 e. The van der Waals surface area contributed by atoms with Gasteiger partial charge in [0, 0.05) is 0 Å². The zero-order valence-electron chi connectivity index (χ0n) is 7.78. The number of nitrogen functional groups attached to an aromatic ring is 1. The van der Waals surface area contributed by atoms with Crippen molar-refractivity contribution in [1.82, 2.24) is 15.2 Å². The third-order valence-electron chi connectivity index (χ3n) is 1.18. The molecule has 0 saturated heterocycles. The highest BCUT2D eigenvalue weighted by Gasteiger charge is 2.08. The van der Waals surface area contributed by atoms with E-state index in [0.29, 0.717) is 5.82 Å². The number of hydrogen-bond acceptors (Lipinski definition) is 5. The molecular formula is C7H14N6. The van der Waals surface area contributed by atoms with Crippen LogP contribution in [-0.2, 0) is 0 Å². The zero-order chi connectivity index (χ0) is 10.3. The maximum absolute atomic E-state index is 8.28. The lowest BCUT2D eigenvalue weighted by Crippen LogP contribution is -2.11. The molecule has 0 bridgehead atoms. The normalized spacial score (nSPS) is 10.9. The van der Waals surface area contributed by atoms with E-state index in [0.717, 1.165) is 0 Å². The van der Waals surface area contributed by atoms with E-state index < -0.39 is 6.04 Å². The Kier molecular flexibility index (Phi) is 5.23. The van der Waals surface area contributed by atoms with Gasteiger partial charge in [-0.25, -0.2) is 0 Å². The smallest absolute Gasteiger partial charge is 0.239 e. The maximum atomic E-state index is 8.28. The van der Waals surface area contributed by atoms with E-state index in [9.17, 15) is 0 Å². The fourth-order valence-electron chi connectivity index (χ4n) is 0.649. The SMILES string of the molecule is CC.N#CC[C@H](N)c1nc(N)n[nH]1. The van der Waals surface area contributed by atoms with Crippen LogP contribution in [0.25, 0.3) is 0 Å². The Morgan fingerprint density at radius 1 is 1.62 bits per heavy atom. The van der Waals surface area contributed by atoms with Crippen molar-refractivity contribution in [1.29, 1.82) is 5.26 Å². The van der Waals surface area contributed by atoms with Gasteiger partial charge in [0.25, 0.3) is 0 Å². The fourth-order valence-corrected chi connectivity index (χ4v) is 0.649. The number of aromatic amines is 1. The molecule has 1 heterocycles. The number of nitrogens with two attached hydrogens (primary N) is 2. The van der Waals surface area contributed by atoms with Gasteiger partial charge in [-0.2, -0.15) is 10.2 Å².